The van der Waals surface area contributed by atoms with Crippen LogP contribution in [0.1, 0.15) is 0 Å². The summed E-state index contributed by atoms with van der Waals surface area (Å²) in [6.07, 6.45) is 0. The summed E-state index contributed by atoms with van der Waals surface area (Å²) in [6, 6.07) is 0. The van der Waals surface area contributed by atoms with Crippen LogP contribution in [0.25, 0.3) is 0 Å². The van der Waals surface area contributed by atoms with Gasteiger partial charge < -0.3 is 19.3 Å². The molecule has 0 aromatic heterocycles. The Kier molecular flexibility index (Phi) is 8.54. The third-order valence-electron chi connectivity index (χ3n) is 3.44. The number of nitrogens with zero attached hydrogens (tertiary/aromatic N) is 3. The van der Waals surface area contributed by atoms with Crippen molar-refractivity contribution in [2.45, 2.75) is 0 Å². The molecule has 2 aliphatic heterocycles. The highest BCUT2D eigenvalue weighted by Gasteiger charge is 2.08. The van der Waals surface area contributed by atoms with Gasteiger partial charge in [0.2, 0.25) is 0 Å². The zero-order valence-electron chi connectivity index (χ0n) is 12.2. The SMILES string of the molecule is CN1CCN(C)CC1.COCCN1CCOCC1. The van der Waals surface area contributed by atoms with Gasteiger partial charge in [0, 0.05) is 52.9 Å². The van der Waals surface area contributed by atoms with E-state index in [1.165, 1.54) is 26.2 Å². The zero-order chi connectivity index (χ0) is 13.2. The Labute approximate surface area is 112 Å². The summed E-state index contributed by atoms with van der Waals surface area (Å²) in [5.41, 5.74) is 0. The van der Waals surface area contributed by atoms with E-state index in [1.54, 1.807) is 7.11 Å². The van der Waals surface area contributed by atoms with Gasteiger partial charge in [-0.3, -0.25) is 4.90 Å². The van der Waals surface area contributed by atoms with E-state index in [1.807, 2.05) is 0 Å². The average Bonchev–Trinajstić information content (AvgIpc) is 2.42. The Balaban J connectivity index is 0.000000184. The molecule has 2 rings (SSSR count). The fourth-order valence-electron chi connectivity index (χ4n) is 1.95. The number of piperazine rings is 1. The second-order valence-corrected chi connectivity index (χ2v) is 5.05. The van der Waals surface area contributed by atoms with E-state index in [9.17, 15) is 0 Å². The first-order valence-corrected chi connectivity index (χ1v) is 6.88. The van der Waals surface area contributed by atoms with Crippen LogP contribution < -0.4 is 0 Å². The van der Waals surface area contributed by atoms with E-state index in [-0.39, 0.29) is 0 Å². The van der Waals surface area contributed by atoms with Crippen molar-refractivity contribution in [2.24, 2.45) is 0 Å². The van der Waals surface area contributed by atoms with E-state index >= 15 is 0 Å². The fraction of sp³-hybridized carbons (Fsp3) is 1.00. The molecule has 5 nitrogen and oxygen atoms in total. The molecule has 18 heavy (non-hydrogen) atoms. The summed E-state index contributed by atoms with van der Waals surface area (Å²) in [6.45, 7) is 10.7. The van der Waals surface area contributed by atoms with Crippen LogP contribution in [0.4, 0.5) is 0 Å². The topological polar surface area (TPSA) is 28.2 Å². The molecular formula is C13H29N3O2. The van der Waals surface area contributed by atoms with Gasteiger partial charge in [-0.05, 0) is 14.1 Å². The van der Waals surface area contributed by atoms with Gasteiger partial charge in [-0.1, -0.05) is 0 Å². The minimum absolute atomic E-state index is 0.833. The second kappa shape index (κ2) is 9.69. The van der Waals surface area contributed by atoms with Crippen LogP contribution in [0.5, 0.6) is 0 Å². The van der Waals surface area contributed by atoms with Crippen LogP contribution in [-0.2, 0) is 9.47 Å². The molecular weight excluding hydrogens is 230 g/mol. The highest BCUT2D eigenvalue weighted by molar-refractivity contribution is 4.64. The highest BCUT2D eigenvalue weighted by atomic mass is 16.5. The van der Waals surface area contributed by atoms with Crippen molar-refractivity contribution in [1.29, 1.82) is 0 Å². The summed E-state index contributed by atoms with van der Waals surface area (Å²) in [5.74, 6) is 0. The number of morpholine rings is 1. The number of rotatable bonds is 3. The second-order valence-electron chi connectivity index (χ2n) is 5.05. The summed E-state index contributed by atoms with van der Waals surface area (Å²) in [5, 5.41) is 0. The first-order valence-electron chi connectivity index (χ1n) is 6.88. The molecule has 0 bridgehead atoms. The summed E-state index contributed by atoms with van der Waals surface area (Å²) in [4.78, 5) is 7.08. The highest BCUT2D eigenvalue weighted by Crippen LogP contribution is 1.95. The van der Waals surface area contributed by atoms with Gasteiger partial charge in [0.1, 0.15) is 0 Å². The minimum atomic E-state index is 0.833. The Morgan fingerprint density at radius 1 is 0.889 bits per heavy atom. The molecule has 0 aliphatic carbocycles. The van der Waals surface area contributed by atoms with Gasteiger partial charge in [0.15, 0.2) is 0 Å². The lowest BCUT2D eigenvalue weighted by molar-refractivity contribution is 0.0263. The minimum Gasteiger partial charge on any atom is -0.383 e. The molecule has 0 amide bonds. The van der Waals surface area contributed by atoms with Crippen molar-refractivity contribution in [2.75, 3.05) is 86.8 Å². The number of likely N-dealkylation sites (N-methyl/N-ethyl adjacent to an activating group) is 2. The predicted octanol–water partition coefficient (Wildman–Crippen LogP) is -0.171. The summed E-state index contributed by atoms with van der Waals surface area (Å²) < 4.78 is 10.2. The molecule has 2 aliphatic rings. The van der Waals surface area contributed by atoms with E-state index in [4.69, 9.17) is 9.47 Å². The van der Waals surface area contributed by atoms with Crippen molar-refractivity contribution >= 4 is 0 Å². The molecule has 0 N–H and O–H groups in total. The van der Waals surface area contributed by atoms with Gasteiger partial charge >= 0.3 is 0 Å². The van der Waals surface area contributed by atoms with E-state index < -0.39 is 0 Å². The van der Waals surface area contributed by atoms with Crippen LogP contribution in [0.3, 0.4) is 0 Å². The molecule has 0 saturated carbocycles. The maximum atomic E-state index is 5.20. The van der Waals surface area contributed by atoms with Crippen molar-refractivity contribution in [3.05, 3.63) is 0 Å². The fourth-order valence-corrected chi connectivity index (χ4v) is 1.95. The molecule has 0 unspecified atom stereocenters. The Morgan fingerprint density at radius 2 is 1.39 bits per heavy atom. The molecule has 0 atom stereocenters. The van der Waals surface area contributed by atoms with Crippen molar-refractivity contribution in [1.82, 2.24) is 14.7 Å². The molecule has 2 heterocycles. The standard InChI is InChI=1S/C7H15NO2.C6H14N2/c1-9-5-2-8-3-6-10-7-4-8;1-7-3-5-8(2)6-4-7/h2-7H2,1H3;3-6H2,1-2H3. The number of hydrogen-bond donors (Lipinski definition) is 0. The molecule has 0 aromatic carbocycles. The molecule has 0 radical (unpaired) electrons. The lowest BCUT2D eigenvalue weighted by Gasteiger charge is -2.28. The van der Waals surface area contributed by atoms with Crippen LogP contribution in [-0.4, -0.2) is 102 Å². The lowest BCUT2D eigenvalue weighted by Crippen LogP contribution is -2.42. The Morgan fingerprint density at radius 3 is 1.83 bits per heavy atom. The third kappa shape index (κ3) is 7.28. The Bertz CT molecular complexity index is 181. The number of ether oxygens (including phenoxy) is 2. The largest absolute Gasteiger partial charge is 0.383 e. The molecule has 108 valence electrons. The Hall–Kier alpha value is -0.200. The molecule has 0 spiro atoms. The molecule has 2 saturated heterocycles. The lowest BCUT2D eigenvalue weighted by atomic mass is 10.4. The summed E-state index contributed by atoms with van der Waals surface area (Å²) in [7, 11) is 6.08. The van der Waals surface area contributed by atoms with Crippen LogP contribution in [0.15, 0.2) is 0 Å². The smallest absolute Gasteiger partial charge is 0.0594 e. The van der Waals surface area contributed by atoms with E-state index in [2.05, 4.69) is 28.8 Å². The molecule has 5 heteroatoms. The van der Waals surface area contributed by atoms with E-state index in [0.29, 0.717) is 0 Å². The van der Waals surface area contributed by atoms with Crippen molar-refractivity contribution in [3.8, 4) is 0 Å². The van der Waals surface area contributed by atoms with Crippen molar-refractivity contribution < 1.29 is 9.47 Å². The van der Waals surface area contributed by atoms with Crippen LogP contribution >= 0.6 is 0 Å². The molecule has 2 fully saturated rings. The average molecular weight is 259 g/mol. The van der Waals surface area contributed by atoms with Gasteiger partial charge in [0.05, 0.1) is 19.8 Å². The first kappa shape index (κ1) is 15.9. The summed E-state index contributed by atoms with van der Waals surface area (Å²) >= 11 is 0. The zero-order valence-corrected chi connectivity index (χ0v) is 12.2. The van der Waals surface area contributed by atoms with Crippen LogP contribution in [0, 0.1) is 0 Å². The molecule has 0 aromatic rings. The van der Waals surface area contributed by atoms with Crippen molar-refractivity contribution in [3.63, 3.8) is 0 Å². The predicted molar refractivity (Wildman–Crippen MR) is 74.1 cm³/mol. The van der Waals surface area contributed by atoms with Gasteiger partial charge in [-0.15, -0.1) is 0 Å². The van der Waals surface area contributed by atoms with E-state index in [0.717, 1.165) is 39.5 Å². The first-order chi connectivity index (χ1) is 8.72. The van der Waals surface area contributed by atoms with Crippen LogP contribution in [0.2, 0.25) is 0 Å². The maximum absolute atomic E-state index is 5.20. The quantitative estimate of drug-likeness (QED) is 0.702. The van der Waals surface area contributed by atoms with Gasteiger partial charge in [-0.2, -0.15) is 0 Å². The normalized spacial score (nSPS) is 23.5. The van der Waals surface area contributed by atoms with Gasteiger partial charge in [-0.25, -0.2) is 0 Å². The number of hydrogen-bond acceptors (Lipinski definition) is 5. The van der Waals surface area contributed by atoms with Gasteiger partial charge in [0.25, 0.3) is 0 Å². The monoisotopic (exact) mass is 259 g/mol. The maximum Gasteiger partial charge on any atom is 0.0594 e. The number of methoxy groups -OCH3 is 1. The third-order valence-corrected chi connectivity index (χ3v) is 3.44.